The van der Waals surface area contributed by atoms with Crippen molar-refractivity contribution in [1.82, 2.24) is 10.2 Å². The molecule has 2 aromatic rings. The summed E-state index contributed by atoms with van der Waals surface area (Å²) in [4.78, 5) is 28.0. The first kappa shape index (κ1) is 25.6. The Morgan fingerprint density at radius 3 is 2.16 bits per heavy atom. The number of nitrogens with zero attached hydrogens (tertiary/aromatic N) is 1. The zero-order valence-corrected chi connectivity index (χ0v) is 20.3. The highest BCUT2D eigenvalue weighted by atomic mass is 16.2. The Morgan fingerprint density at radius 2 is 1.56 bits per heavy atom. The first-order valence-electron chi connectivity index (χ1n) is 12.2. The monoisotopic (exact) mass is 436 g/mol. The van der Waals surface area contributed by atoms with Gasteiger partial charge in [-0.15, -0.1) is 0 Å². The van der Waals surface area contributed by atoms with Gasteiger partial charge in [0.25, 0.3) is 0 Å². The Bertz CT molecular complexity index is 815. The van der Waals surface area contributed by atoms with Crippen molar-refractivity contribution < 1.29 is 9.59 Å². The highest BCUT2D eigenvalue weighted by Crippen LogP contribution is 2.17. The van der Waals surface area contributed by atoms with Crippen LogP contribution in [0.15, 0.2) is 54.6 Å². The van der Waals surface area contributed by atoms with Crippen LogP contribution in [-0.4, -0.2) is 35.8 Å². The van der Waals surface area contributed by atoms with Crippen molar-refractivity contribution >= 4 is 11.8 Å². The highest BCUT2D eigenvalue weighted by molar-refractivity contribution is 5.87. The van der Waals surface area contributed by atoms with Crippen molar-refractivity contribution in [3.63, 3.8) is 0 Å². The number of nitrogens with one attached hydrogen (secondary N) is 1. The molecular weight excluding hydrogens is 396 g/mol. The summed E-state index contributed by atoms with van der Waals surface area (Å²) in [5, 5.41) is 3.03. The molecule has 0 fully saturated rings. The molecule has 1 N–H and O–H groups in total. The van der Waals surface area contributed by atoms with Crippen LogP contribution >= 0.6 is 0 Å². The number of hydrogen-bond donors (Lipinski definition) is 1. The topological polar surface area (TPSA) is 49.4 Å². The van der Waals surface area contributed by atoms with Gasteiger partial charge in [0.05, 0.1) is 0 Å². The summed E-state index contributed by atoms with van der Waals surface area (Å²) in [5.41, 5.74) is 3.64. The van der Waals surface area contributed by atoms with E-state index in [0.29, 0.717) is 38.3 Å². The molecule has 0 aliphatic carbocycles. The van der Waals surface area contributed by atoms with Crippen molar-refractivity contribution in [3.8, 4) is 0 Å². The standard InChI is InChI=1S/C28H40N2O2/c1-5-7-20-29-28(32)26(6-2)30(21-19-23-11-9-8-10-12-23)27(31)18-15-24-13-16-25(17-14-24)22(3)4/h8-14,16-17,22,26H,5-7,15,18-21H2,1-4H3,(H,29,32)/t26-/m1/s1. The minimum Gasteiger partial charge on any atom is -0.354 e. The van der Waals surface area contributed by atoms with Crippen molar-refractivity contribution in [1.29, 1.82) is 0 Å². The normalized spacial score (nSPS) is 11.9. The fourth-order valence-electron chi connectivity index (χ4n) is 3.87. The largest absolute Gasteiger partial charge is 0.354 e. The lowest BCUT2D eigenvalue weighted by atomic mass is 10.00. The lowest BCUT2D eigenvalue weighted by Crippen LogP contribution is -2.50. The van der Waals surface area contributed by atoms with E-state index in [4.69, 9.17) is 0 Å². The molecule has 0 spiro atoms. The summed E-state index contributed by atoms with van der Waals surface area (Å²) in [6, 6.07) is 18.3. The average Bonchev–Trinajstić information content (AvgIpc) is 2.81. The molecule has 1 atom stereocenters. The molecule has 0 aliphatic rings. The number of aryl methyl sites for hydroxylation is 1. The van der Waals surface area contributed by atoms with E-state index in [9.17, 15) is 9.59 Å². The van der Waals surface area contributed by atoms with Crippen LogP contribution in [0.4, 0.5) is 0 Å². The van der Waals surface area contributed by atoms with Gasteiger partial charge >= 0.3 is 0 Å². The smallest absolute Gasteiger partial charge is 0.242 e. The fraction of sp³-hybridized carbons (Fsp3) is 0.500. The van der Waals surface area contributed by atoms with Crippen LogP contribution in [0.25, 0.3) is 0 Å². The second-order valence-electron chi connectivity index (χ2n) is 8.79. The molecule has 0 aromatic heterocycles. The SMILES string of the molecule is CCCCNC(=O)[C@@H](CC)N(CCc1ccccc1)C(=O)CCc1ccc(C(C)C)cc1. The van der Waals surface area contributed by atoms with E-state index >= 15 is 0 Å². The molecule has 0 bridgehead atoms. The van der Waals surface area contributed by atoms with Crippen LogP contribution in [0.5, 0.6) is 0 Å². The number of carbonyl (C=O) groups excluding carboxylic acids is 2. The van der Waals surface area contributed by atoms with Crippen LogP contribution in [-0.2, 0) is 22.4 Å². The first-order chi connectivity index (χ1) is 15.5. The quantitative estimate of drug-likeness (QED) is 0.421. The Morgan fingerprint density at radius 1 is 0.906 bits per heavy atom. The molecule has 0 unspecified atom stereocenters. The van der Waals surface area contributed by atoms with Gasteiger partial charge in [0, 0.05) is 19.5 Å². The molecule has 2 aromatic carbocycles. The lowest BCUT2D eigenvalue weighted by molar-refractivity contribution is -0.140. The molecule has 0 heterocycles. The van der Waals surface area contributed by atoms with Gasteiger partial charge in [0.2, 0.25) is 11.8 Å². The Kier molecular flexibility index (Phi) is 11.0. The molecule has 0 saturated carbocycles. The Hall–Kier alpha value is -2.62. The number of unbranched alkanes of at least 4 members (excludes halogenated alkanes) is 1. The molecule has 0 saturated heterocycles. The maximum absolute atomic E-state index is 13.3. The number of hydrogen-bond acceptors (Lipinski definition) is 2. The van der Waals surface area contributed by atoms with Crippen LogP contribution in [0.1, 0.15) is 76.0 Å². The molecule has 174 valence electrons. The summed E-state index contributed by atoms with van der Waals surface area (Å²) in [6.07, 6.45) is 4.44. The third kappa shape index (κ3) is 8.14. The van der Waals surface area contributed by atoms with E-state index in [1.54, 1.807) is 4.90 Å². The minimum absolute atomic E-state index is 0.0383. The van der Waals surface area contributed by atoms with Gasteiger partial charge in [0.1, 0.15) is 6.04 Å². The molecule has 2 rings (SSSR count). The maximum Gasteiger partial charge on any atom is 0.242 e. The summed E-state index contributed by atoms with van der Waals surface area (Å²) in [7, 11) is 0. The molecule has 0 aliphatic heterocycles. The molecule has 0 radical (unpaired) electrons. The van der Waals surface area contributed by atoms with Gasteiger partial charge in [-0.05, 0) is 48.3 Å². The van der Waals surface area contributed by atoms with Crippen LogP contribution in [0.2, 0.25) is 0 Å². The fourth-order valence-corrected chi connectivity index (χ4v) is 3.87. The third-order valence-electron chi connectivity index (χ3n) is 5.97. The van der Waals surface area contributed by atoms with Gasteiger partial charge in [-0.1, -0.05) is 88.7 Å². The zero-order chi connectivity index (χ0) is 23.3. The molecule has 4 heteroatoms. The van der Waals surface area contributed by atoms with E-state index in [2.05, 4.69) is 62.5 Å². The van der Waals surface area contributed by atoms with E-state index in [1.807, 2.05) is 25.1 Å². The second kappa shape index (κ2) is 13.7. The predicted octanol–water partition coefficient (Wildman–Crippen LogP) is 5.51. The number of amides is 2. The molecule has 2 amide bonds. The highest BCUT2D eigenvalue weighted by Gasteiger charge is 2.27. The van der Waals surface area contributed by atoms with Gasteiger partial charge in [-0.3, -0.25) is 9.59 Å². The van der Waals surface area contributed by atoms with E-state index in [0.717, 1.165) is 24.8 Å². The van der Waals surface area contributed by atoms with Gasteiger partial charge in [-0.25, -0.2) is 0 Å². The summed E-state index contributed by atoms with van der Waals surface area (Å²) < 4.78 is 0. The van der Waals surface area contributed by atoms with Crippen molar-refractivity contribution in [2.45, 2.75) is 78.2 Å². The minimum atomic E-state index is -0.425. The van der Waals surface area contributed by atoms with Crippen molar-refractivity contribution in [2.75, 3.05) is 13.1 Å². The molecule has 4 nitrogen and oxygen atoms in total. The summed E-state index contributed by atoms with van der Waals surface area (Å²) >= 11 is 0. The predicted molar refractivity (Wildman–Crippen MR) is 133 cm³/mol. The number of rotatable bonds is 13. The number of carbonyl (C=O) groups is 2. The van der Waals surface area contributed by atoms with Gasteiger partial charge in [-0.2, -0.15) is 0 Å². The number of benzene rings is 2. The van der Waals surface area contributed by atoms with Crippen molar-refractivity contribution in [2.24, 2.45) is 0 Å². The lowest BCUT2D eigenvalue weighted by Gasteiger charge is -2.30. The average molecular weight is 437 g/mol. The zero-order valence-electron chi connectivity index (χ0n) is 20.3. The summed E-state index contributed by atoms with van der Waals surface area (Å²) in [5.74, 6) is 0.505. The van der Waals surface area contributed by atoms with E-state index in [1.165, 1.54) is 11.1 Å². The van der Waals surface area contributed by atoms with Gasteiger partial charge < -0.3 is 10.2 Å². The van der Waals surface area contributed by atoms with Crippen LogP contribution in [0.3, 0.4) is 0 Å². The maximum atomic E-state index is 13.3. The third-order valence-corrected chi connectivity index (χ3v) is 5.97. The second-order valence-corrected chi connectivity index (χ2v) is 8.79. The Balaban J connectivity index is 2.08. The van der Waals surface area contributed by atoms with Gasteiger partial charge in [0.15, 0.2) is 0 Å². The van der Waals surface area contributed by atoms with E-state index < -0.39 is 6.04 Å². The van der Waals surface area contributed by atoms with Crippen LogP contribution < -0.4 is 5.32 Å². The molecule has 32 heavy (non-hydrogen) atoms. The summed E-state index contributed by atoms with van der Waals surface area (Å²) in [6.45, 7) is 9.66. The molecular formula is C28H40N2O2. The van der Waals surface area contributed by atoms with Crippen LogP contribution in [0, 0.1) is 0 Å². The Labute approximate surface area is 194 Å². The first-order valence-corrected chi connectivity index (χ1v) is 12.2. The van der Waals surface area contributed by atoms with E-state index in [-0.39, 0.29) is 11.8 Å². The van der Waals surface area contributed by atoms with Crippen molar-refractivity contribution in [3.05, 3.63) is 71.3 Å².